The molecular formula is C17H15BrCl3N3O2S. The molecule has 0 saturated carbocycles. The molecule has 27 heavy (non-hydrogen) atoms. The molecule has 1 amide bonds. The summed E-state index contributed by atoms with van der Waals surface area (Å²) < 4.78 is 4.13. The molecular weight excluding hydrogens is 497 g/mol. The first-order chi connectivity index (χ1) is 12.7. The van der Waals surface area contributed by atoms with E-state index in [0.29, 0.717) is 11.3 Å². The Balaban J connectivity index is 2.08. The van der Waals surface area contributed by atoms with Crippen molar-refractivity contribution in [3.8, 4) is 5.75 Å². The Kier molecular flexibility index (Phi) is 8.00. The summed E-state index contributed by atoms with van der Waals surface area (Å²) in [5.74, 6) is 0.0795. The maximum Gasteiger partial charge on any atom is 0.253 e. The lowest BCUT2D eigenvalue weighted by Crippen LogP contribution is -2.56. The number of amides is 1. The molecule has 5 nitrogen and oxygen atoms in total. The molecule has 0 aliphatic rings. The van der Waals surface area contributed by atoms with E-state index in [1.165, 1.54) is 7.11 Å². The molecule has 1 atom stereocenters. The van der Waals surface area contributed by atoms with Gasteiger partial charge in [0.1, 0.15) is 11.9 Å². The number of alkyl halides is 3. The molecule has 10 heteroatoms. The summed E-state index contributed by atoms with van der Waals surface area (Å²) in [4.78, 5) is 12.5. The first-order valence-electron chi connectivity index (χ1n) is 7.54. The molecule has 0 aliphatic carbocycles. The lowest BCUT2D eigenvalue weighted by atomic mass is 10.2. The van der Waals surface area contributed by atoms with Crippen molar-refractivity contribution in [1.82, 2.24) is 10.6 Å². The molecule has 0 aromatic heterocycles. The van der Waals surface area contributed by atoms with Gasteiger partial charge in [-0.3, -0.25) is 4.79 Å². The van der Waals surface area contributed by atoms with Crippen LogP contribution in [0.15, 0.2) is 53.0 Å². The summed E-state index contributed by atoms with van der Waals surface area (Å²) in [5, 5.41) is 8.55. The number of hydrogen-bond acceptors (Lipinski definition) is 3. The molecule has 2 rings (SSSR count). The molecule has 0 spiro atoms. The highest BCUT2D eigenvalue weighted by Crippen LogP contribution is 2.29. The number of anilines is 1. The Labute approximate surface area is 185 Å². The number of hydrogen-bond donors (Lipinski definition) is 3. The predicted octanol–water partition coefficient (Wildman–Crippen LogP) is 4.87. The van der Waals surface area contributed by atoms with E-state index in [2.05, 4.69) is 31.9 Å². The number of nitrogens with one attached hydrogen (secondary N) is 3. The monoisotopic (exact) mass is 509 g/mol. The van der Waals surface area contributed by atoms with Gasteiger partial charge in [-0.05, 0) is 48.6 Å². The molecule has 0 heterocycles. The summed E-state index contributed by atoms with van der Waals surface area (Å²) >= 11 is 26.6. The van der Waals surface area contributed by atoms with Crippen LogP contribution in [0.5, 0.6) is 5.75 Å². The van der Waals surface area contributed by atoms with Gasteiger partial charge in [0.2, 0.25) is 3.79 Å². The normalized spacial score (nSPS) is 12.0. The van der Waals surface area contributed by atoms with Crippen molar-refractivity contribution >= 4 is 79.7 Å². The van der Waals surface area contributed by atoms with Crippen molar-refractivity contribution in [2.75, 3.05) is 12.4 Å². The van der Waals surface area contributed by atoms with E-state index >= 15 is 0 Å². The van der Waals surface area contributed by atoms with E-state index < -0.39 is 15.9 Å². The first kappa shape index (κ1) is 22.0. The van der Waals surface area contributed by atoms with Crippen LogP contribution in [-0.2, 0) is 0 Å². The summed E-state index contributed by atoms with van der Waals surface area (Å²) in [6, 6.07) is 14.0. The average molecular weight is 512 g/mol. The molecule has 2 aromatic carbocycles. The predicted molar refractivity (Wildman–Crippen MR) is 118 cm³/mol. The van der Waals surface area contributed by atoms with E-state index in [1.54, 1.807) is 24.3 Å². The van der Waals surface area contributed by atoms with E-state index in [0.717, 1.165) is 10.2 Å². The van der Waals surface area contributed by atoms with E-state index in [1.807, 2.05) is 24.3 Å². The van der Waals surface area contributed by atoms with E-state index in [4.69, 9.17) is 51.8 Å². The summed E-state index contributed by atoms with van der Waals surface area (Å²) in [5.41, 5.74) is 1.07. The second kappa shape index (κ2) is 9.80. The van der Waals surface area contributed by atoms with Crippen molar-refractivity contribution in [3.05, 3.63) is 58.6 Å². The zero-order valence-electron chi connectivity index (χ0n) is 13.9. The zero-order valence-corrected chi connectivity index (χ0v) is 18.6. The number of carbonyl (C=O) groups excluding carboxylic acids is 1. The zero-order chi connectivity index (χ0) is 20.0. The largest absolute Gasteiger partial charge is 0.497 e. The Morgan fingerprint density at radius 1 is 1.15 bits per heavy atom. The summed E-state index contributed by atoms with van der Waals surface area (Å²) in [6.45, 7) is 0. The third kappa shape index (κ3) is 7.01. The maximum atomic E-state index is 12.5. The Morgan fingerprint density at radius 3 is 2.48 bits per heavy atom. The smallest absolute Gasteiger partial charge is 0.253 e. The van der Waals surface area contributed by atoms with Gasteiger partial charge in [0.05, 0.1) is 7.11 Å². The van der Waals surface area contributed by atoms with Crippen LogP contribution >= 0.6 is 63.0 Å². The number of methoxy groups -OCH3 is 1. The summed E-state index contributed by atoms with van der Waals surface area (Å²) in [7, 11) is 1.51. The molecule has 0 fully saturated rings. The van der Waals surface area contributed by atoms with Crippen LogP contribution in [0.25, 0.3) is 0 Å². The minimum absolute atomic E-state index is 0.176. The maximum absolute atomic E-state index is 12.5. The Hall–Kier alpha value is -1.25. The topological polar surface area (TPSA) is 62.4 Å². The van der Waals surface area contributed by atoms with Crippen LogP contribution < -0.4 is 20.7 Å². The van der Waals surface area contributed by atoms with Crippen molar-refractivity contribution in [2.45, 2.75) is 9.96 Å². The van der Waals surface area contributed by atoms with Crippen LogP contribution in [0, 0.1) is 0 Å². The van der Waals surface area contributed by atoms with E-state index in [9.17, 15) is 4.79 Å². The highest BCUT2D eigenvalue weighted by atomic mass is 79.9. The van der Waals surface area contributed by atoms with Crippen molar-refractivity contribution in [3.63, 3.8) is 0 Å². The van der Waals surface area contributed by atoms with Crippen LogP contribution in [-0.4, -0.2) is 28.1 Å². The number of rotatable bonds is 5. The van der Waals surface area contributed by atoms with Crippen LogP contribution in [0.1, 0.15) is 10.4 Å². The number of benzene rings is 2. The molecule has 3 N–H and O–H groups in total. The second-order valence-corrected chi connectivity index (χ2v) is 8.98. The Bertz CT molecular complexity index is 833. The molecule has 2 aromatic rings. The standard InChI is InChI=1S/C17H15BrCl3N3O2S/c1-26-13-7-2-4-10(8-13)14(25)23-15(17(19,20)21)24-16(27)22-12-6-3-5-11(18)9-12/h2-9,15H,1H3,(H,23,25)(H2,22,24,27)/t15-/m1/s1. The van der Waals surface area contributed by atoms with Crippen molar-refractivity contribution in [2.24, 2.45) is 0 Å². The highest BCUT2D eigenvalue weighted by Gasteiger charge is 2.35. The lowest BCUT2D eigenvalue weighted by Gasteiger charge is -2.27. The second-order valence-electron chi connectivity index (χ2n) is 5.29. The molecule has 0 unspecified atom stereocenters. The van der Waals surface area contributed by atoms with Gasteiger partial charge in [-0.15, -0.1) is 0 Å². The van der Waals surface area contributed by atoms with Crippen molar-refractivity contribution < 1.29 is 9.53 Å². The SMILES string of the molecule is COc1cccc(C(=O)N[C@H](NC(=S)Nc2cccc(Br)c2)C(Cl)(Cl)Cl)c1. The van der Waals surface area contributed by atoms with Crippen LogP contribution in [0.3, 0.4) is 0 Å². The van der Waals surface area contributed by atoms with Gasteiger partial charge in [-0.1, -0.05) is 62.9 Å². The van der Waals surface area contributed by atoms with Gasteiger partial charge >= 0.3 is 0 Å². The number of thiocarbonyl (C=S) groups is 1. The fourth-order valence-corrected chi connectivity index (χ4v) is 3.01. The van der Waals surface area contributed by atoms with E-state index in [-0.39, 0.29) is 5.11 Å². The number of halogens is 4. The van der Waals surface area contributed by atoms with Crippen molar-refractivity contribution in [1.29, 1.82) is 0 Å². The van der Waals surface area contributed by atoms with Gasteiger partial charge in [-0.2, -0.15) is 0 Å². The minimum atomic E-state index is -1.85. The minimum Gasteiger partial charge on any atom is -0.497 e. The number of ether oxygens (including phenoxy) is 1. The lowest BCUT2D eigenvalue weighted by molar-refractivity contribution is 0.0934. The fourth-order valence-electron chi connectivity index (χ4n) is 2.04. The van der Waals surface area contributed by atoms with Gasteiger partial charge in [0.25, 0.3) is 5.91 Å². The van der Waals surface area contributed by atoms with Gasteiger partial charge in [-0.25, -0.2) is 0 Å². The molecule has 144 valence electrons. The molecule has 0 aliphatic heterocycles. The van der Waals surface area contributed by atoms with Gasteiger partial charge in [0.15, 0.2) is 5.11 Å². The number of carbonyl (C=O) groups is 1. The average Bonchev–Trinajstić information content (AvgIpc) is 2.60. The summed E-state index contributed by atoms with van der Waals surface area (Å²) in [6.07, 6.45) is -1.08. The first-order valence-corrected chi connectivity index (χ1v) is 9.87. The van der Waals surface area contributed by atoms with Crippen LogP contribution in [0.2, 0.25) is 0 Å². The molecule has 0 bridgehead atoms. The highest BCUT2D eigenvalue weighted by molar-refractivity contribution is 9.10. The Morgan fingerprint density at radius 2 is 1.85 bits per heavy atom. The van der Waals surface area contributed by atoms with Gasteiger partial charge in [0, 0.05) is 15.7 Å². The van der Waals surface area contributed by atoms with Gasteiger partial charge < -0.3 is 20.7 Å². The third-order valence-corrected chi connectivity index (χ3v) is 4.66. The third-order valence-electron chi connectivity index (χ3n) is 3.29. The molecule has 0 saturated heterocycles. The quantitative estimate of drug-likeness (QED) is 0.304. The van der Waals surface area contributed by atoms with Crippen LogP contribution in [0.4, 0.5) is 5.69 Å². The fraction of sp³-hybridized carbons (Fsp3) is 0.176. The molecule has 0 radical (unpaired) electrons.